The molecule has 0 spiro atoms. The van der Waals surface area contributed by atoms with Gasteiger partial charge in [-0.3, -0.25) is 0 Å². The summed E-state index contributed by atoms with van der Waals surface area (Å²) in [6.45, 7) is 3.28. The molecule has 0 radical (unpaired) electrons. The van der Waals surface area contributed by atoms with Gasteiger partial charge in [0.2, 0.25) is 0 Å². The van der Waals surface area contributed by atoms with Gasteiger partial charge < -0.3 is 10.2 Å². The molecule has 0 aliphatic heterocycles. The maximum absolute atomic E-state index is 10.0. The van der Waals surface area contributed by atoms with Crippen LogP contribution in [0.15, 0.2) is 23.3 Å². The summed E-state index contributed by atoms with van der Waals surface area (Å²) < 4.78 is 0. The van der Waals surface area contributed by atoms with Gasteiger partial charge in [-0.15, -0.1) is 0 Å². The SMILES string of the molecule is CC=C(C#N)C(=O)O.CCC=C(C#N)C(=O)O. The molecule has 0 saturated carbocycles. The Morgan fingerprint density at radius 2 is 1.53 bits per heavy atom. The van der Waals surface area contributed by atoms with Crippen molar-refractivity contribution in [3.63, 3.8) is 0 Å². The number of hydrogen-bond donors (Lipinski definition) is 2. The minimum Gasteiger partial charge on any atom is -0.477 e. The summed E-state index contributed by atoms with van der Waals surface area (Å²) in [6, 6.07) is 3.08. The Bertz CT molecular complexity index is 422. The molecule has 0 rings (SSSR count). The summed E-state index contributed by atoms with van der Waals surface area (Å²) in [5.41, 5.74) is -0.400. The van der Waals surface area contributed by atoms with Gasteiger partial charge in [0, 0.05) is 0 Å². The van der Waals surface area contributed by atoms with Gasteiger partial charge in [0.15, 0.2) is 0 Å². The molecule has 0 aliphatic rings. The van der Waals surface area contributed by atoms with Crippen LogP contribution in [0.4, 0.5) is 0 Å². The van der Waals surface area contributed by atoms with Crippen molar-refractivity contribution in [2.75, 3.05) is 0 Å². The fraction of sp³-hybridized carbons (Fsp3) is 0.273. The van der Waals surface area contributed by atoms with E-state index in [-0.39, 0.29) is 11.1 Å². The van der Waals surface area contributed by atoms with Gasteiger partial charge in [-0.05, 0) is 13.3 Å². The molecule has 0 unspecified atom stereocenters. The third kappa shape index (κ3) is 8.40. The van der Waals surface area contributed by atoms with E-state index in [1.807, 2.05) is 0 Å². The van der Waals surface area contributed by atoms with Crippen LogP contribution in [0.2, 0.25) is 0 Å². The van der Waals surface area contributed by atoms with Crippen molar-refractivity contribution in [3.8, 4) is 12.1 Å². The summed E-state index contributed by atoms with van der Waals surface area (Å²) in [7, 11) is 0. The molecule has 0 aromatic rings. The van der Waals surface area contributed by atoms with Gasteiger partial charge in [0.1, 0.15) is 23.3 Å². The first kappa shape index (κ1) is 16.8. The lowest BCUT2D eigenvalue weighted by Gasteiger charge is -1.84. The maximum atomic E-state index is 10.0. The van der Waals surface area contributed by atoms with Crippen LogP contribution in [0, 0.1) is 22.7 Å². The predicted molar refractivity (Wildman–Crippen MR) is 58.6 cm³/mol. The molecule has 90 valence electrons. The van der Waals surface area contributed by atoms with E-state index in [0.717, 1.165) is 0 Å². The molecule has 0 bridgehead atoms. The van der Waals surface area contributed by atoms with Gasteiger partial charge in [0.25, 0.3) is 0 Å². The van der Waals surface area contributed by atoms with Crippen molar-refractivity contribution in [2.45, 2.75) is 20.3 Å². The van der Waals surface area contributed by atoms with E-state index >= 15 is 0 Å². The van der Waals surface area contributed by atoms with Gasteiger partial charge in [0.05, 0.1) is 0 Å². The average molecular weight is 236 g/mol. The van der Waals surface area contributed by atoms with E-state index < -0.39 is 11.9 Å². The summed E-state index contributed by atoms with van der Waals surface area (Å²) in [5.74, 6) is -2.32. The molecule has 0 saturated heterocycles. The fourth-order valence-electron chi connectivity index (χ4n) is 0.621. The molecule has 0 aromatic carbocycles. The smallest absolute Gasteiger partial charge is 0.346 e. The van der Waals surface area contributed by atoms with Crippen molar-refractivity contribution in [1.82, 2.24) is 0 Å². The van der Waals surface area contributed by atoms with Crippen molar-refractivity contribution >= 4 is 11.9 Å². The molecule has 6 nitrogen and oxygen atoms in total. The van der Waals surface area contributed by atoms with Crippen molar-refractivity contribution in [1.29, 1.82) is 10.5 Å². The average Bonchev–Trinajstić information content (AvgIpc) is 2.27. The number of hydrogen-bond acceptors (Lipinski definition) is 4. The summed E-state index contributed by atoms with van der Waals surface area (Å²) in [4.78, 5) is 19.9. The van der Waals surface area contributed by atoms with Crippen molar-refractivity contribution in [3.05, 3.63) is 23.3 Å². The van der Waals surface area contributed by atoms with Crippen LogP contribution in [-0.4, -0.2) is 22.2 Å². The monoisotopic (exact) mass is 236 g/mol. The minimum absolute atomic E-state index is 0.183. The van der Waals surface area contributed by atoms with Crippen LogP contribution < -0.4 is 0 Å². The lowest BCUT2D eigenvalue weighted by molar-refractivity contribution is -0.133. The van der Waals surface area contributed by atoms with E-state index in [0.29, 0.717) is 6.42 Å². The van der Waals surface area contributed by atoms with Crippen LogP contribution in [0.3, 0.4) is 0 Å². The molecule has 0 atom stereocenters. The van der Waals surface area contributed by atoms with Crippen LogP contribution in [0.5, 0.6) is 0 Å². The number of carbonyl (C=O) groups is 2. The second kappa shape index (κ2) is 9.94. The molecule has 6 heteroatoms. The first-order chi connectivity index (χ1) is 7.94. The highest BCUT2D eigenvalue weighted by Crippen LogP contribution is 1.93. The molecule has 0 amide bonds. The summed E-state index contributed by atoms with van der Waals surface area (Å²) in [5, 5.41) is 32.4. The van der Waals surface area contributed by atoms with Crippen molar-refractivity contribution < 1.29 is 19.8 Å². The van der Waals surface area contributed by atoms with Gasteiger partial charge in [-0.2, -0.15) is 10.5 Å². The van der Waals surface area contributed by atoms with E-state index in [1.54, 1.807) is 13.0 Å². The Morgan fingerprint density at radius 3 is 1.59 bits per heavy atom. The Morgan fingerprint density at radius 1 is 1.12 bits per heavy atom. The highest BCUT2D eigenvalue weighted by atomic mass is 16.4. The van der Waals surface area contributed by atoms with E-state index in [9.17, 15) is 9.59 Å². The molecule has 17 heavy (non-hydrogen) atoms. The zero-order chi connectivity index (χ0) is 13.8. The molecule has 0 aliphatic carbocycles. The quantitative estimate of drug-likeness (QED) is 0.565. The second-order valence-corrected chi connectivity index (χ2v) is 2.56. The van der Waals surface area contributed by atoms with Crippen molar-refractivity contribution in [2.24, 2.45) is 0 Å². The first-order valence-corrected chi connectivity index (χ1v) is 4.57. The Kier molecular flexibility index (Phi) is 9.83. The van der Waals surface area contributed by atoms with E-state index in [1.165, 1.54) is 25.1 Å². The number of rotatable bonds is 3. The normalized spacial score (nSPS) is 10.4. The highest BCUT2D eigenvalue weighted by Gasteiger charge is 2.02. The number of allylic oxidation sites excluding steroid dienone is 2. The van der Waals surface area contributed by atoms with Gasteiger partial charge in [-0.25, -0.2) is 9.59 Å². The number of nitrogens with zero attached hydrogens (tertiary/aromatic N) is 2. The predicted octanol–water partition coefficient (Wildman–Crippen LogP) is 1.47. The Balaban J connectivity index is 0. The highest BCUT2D eigenvalue weighted by molar-refractivity contribution is 5.91. The van der Waals surface area contributed by atoms with Crippen LogP contribution in [0.1, 0.15) is 20.3 Å². The third-order valence-corrected chi connectivity index (χ3v) is 1.40. The molecular weight excluding hydrogens is 224 g/mol. The van der Waals surface area contributed by atoms with Gasteiger partial charge in [-0.1, -0.05) is 19.1 Å². The second-order valence-electron chi connectivity index (χ2n) is 2.56. The largest absolute Gasteiger partial charge is 0.477 e. The minimum atomic E-state index is -1.17. The van der Waals surface area contributed by atoms with Gasteiger partial charge >= 0.3 is 11.9 Å². The maximum Gasteiger partial charge on any atom is 0.346 e. The standard InChI is InChI=1S/C6H7NO2.C5H5NO2/c1-2-3-5(4-7)6(8)9;1-2-4(3-6)5(7)8/h3H,2H2,1H3,(H,8,9);2H,1H3,(H,7,8). The number of nitriles is 2. The molecule has 2 N–H and O–H groups in total. The topological polar surface area (TPSA) is 122 Å². The first-order valence-electron chi connectivity index (χ1n) is 4.57. The zero-order valence-electron chi connectivity index (χ0n) is 9.47. The molecule has 0 heterocycles. The van der Waals surface area contributed by atoms with Crippen LogP contribution >= 0.6 is 0 Å². The summed E-state index contributed by atoms with van der Waals surface area (Å²) >= 11 is 0. The molecular formula is C11H12N2O4. The summed E-state index contributed by atoms with van der Waals surface area (Å²) in [6.07, 6.45) is 3.21. The number of carboxylic acids is 2. The van der Waals surface area contributed by atoms with Crippen LogP contribution in [0.25, 0.3) is 0 Å². The Labute approximate surface area is 98.7 Å². The lowest BCUT2D eigenvalue weighted by Crippen LogP contribution is -1.96. The fourth-order valence-corrected chi connectivity index (χ4v) is 0.621. The molecule has 0 aromatic heterocycles. The Hall–Kier alpha value is -2.60. The lowest BCUT2D eigenvalue weighted by atomic mass is 10.2. The third-order valence-electron chi connectivity index (χ3n) is 1.40. The van der Waals surface area contributed by atoms with E-state index in [2.05, 4.69) is 0 Å². The number of carboxylic acid groups (broad SMARTS) is 2. The molecule has 0 fully saturated rings. The number of aliphatic carboxylic acids is 2. The van der Waals surface area contributed by atoms with E-state index in [4.69, 9.17) is 20.7 Å². The zero-order valence-corrected chi connectivity index (χ0v) is 9.47. The van der Waals surface area contributed by atoms with Crippen LogP contribution in [-0.2, 0) is 9.59 Å².